The molecule has 0 bridgehead atoms. The molecule has 0 amide bonds. The standard InChI is InChI=1S/C12H18N4/c13-6-7-16(15)12-5-4-11(12)9-2-1-3-10(14)8-9/h1-3,6-8,11-12H,4-5,13-15H2/b7-6-/t11-,12-/m0/s1. The fourth-order valence-corrected chi connectivity index (χ4v) is 2.23. The fourth-order valence-electron chi connectivity index (χ4n) is 2.23. The van der Waals surface area contributed by atoms with Crippen molar-refractivity contribution in [3.05, 3.63) is 42.2 Å². The maximum absolute atomic E-state index is 5.89. The molecule has 0 radical (unpaired) electrons. The van der Waals surface area contributed by atoms with E-state index in [1.165, 1.54) is 11.8 Å². The molecule has 0 aromatic heterocycles. The van der Waals surface area contributed by atoms with Gasteiger partial charge in [-0.1, -0.05) is 12.1 Å². The number of rotatable bonds is 3. The summed E-state index contributed by atoms with van der Waals surface area (Å²) in [5.74, 6) is 6.35. The van der Waals surface area contributed by atoms with E-state index in [0.29, 0.717) is 12.0 Å². The van der Waals surface area contributed by atoms with Gasteiger partial charge in [-0.15, -0.1) is 0 Å². The van der Waals surface area contributed by atoms with Crippen molar-refractivity contribution in [3.8, 4) is 0 Å². The molecule has 1 aromatic rings. The van der Waals surface area contributed by atoms with Gasteiger partial charge < -0.3 is 16.5 Å². The summed E-state index contributed by atoms with van der Waals surface area (Å²) in [5.41, 5.74) is 13.2. The van der Waals surface area contributed by atoms with Crippen molar-refractivity contribution in [1.29, 1.82) is 0 Å². The summed E-state index contributed by atoms with van der Waals surface area (Å²) < 4.78 is 0. The van der Waals surface area contributed by atoms with E-state index < -0.39 is 0 Å². The molecule has 0 saturated heterocycles. The van der Waals surface area contributed by atoms with Gasteiger partial charge in [0.1, 0.15) is 0 Å². The number of nitrogens with two attached hydrogens (primary N) is 3. The Morgan fingerprint density at radius 1 is 1.31 bits per heavy atom. The number of nitrogens with zero attached hydrogens (tertiary/aromatic N) is 1. The first-order chi connectivity index (χ1) is 7.72. The maximum atomic E-state index is 5.89. The summed E-state index contributed by atoms with van der Waals surface area (Å²) in [4.78, 5) is 0. The third-order valence-electron chi connectivity index (χ3n) is 3.22. The first-order valence-electron chi connectivity index (χ1n) is 5.49. The molecule has 1 aliphatic carbocycles. The van der Waals surface area contributed by atoms with Gasteiger partial charge in [0.2, 0.25) is 0 Å². The van der Waals surface area contributed by atoms with Crippen LogP contribution >= 0.6 is 0 Å². The predicted octanol–water partition coefficient (Wildman–Crippen LogP) is 1.12. The molecule has 0 heterocycles. The molecule has 1 aliphatic rings. The third-order valence-corrected chi connectivity index (χ3v) is 3.22. The van der Waals surface area contributed by atoms with E-state index in [-0.39, 0.29) is 0 Å². The van der Waals surface area contributed by atoms with Gasteiger partial charge in [-0.25, -0.2) is 5.84 Å². The summed E-state index contributed by atoms with van der Waals surface area (Å²) in [6.07, 6.45) is 5.43. The van der Waals surface area contributed by atoms with Crippen molar-refractivity contribution in [2.45, 2.75) is 24.8 Å². The second kappa shape index (κ2) is 4.45. The van der Waals surface area contributed by atoms with E-state index in [9.17, 15) is 0 Å². The Hall–Kier alpha value is -1.68. The Kier molecular flexibility index (Phi) is 3.01. The highest BCUT2D eigenvalue weighted by molar-refractivity contribution is 5.42. The monoisotopic (exact) mass is 218 g/mol. The second-order valence-electron chi connectivity index (χ2n) is 4.21. The second-order valence-corrected chi connectivity index (χ2v) is 4.21. The highest BCUT2D eigenvalue weighted by Gasteiger charge is 2.34. The van der Waals surface area contributed by atoms with Crippen LogP contribution in [0.15, 0.2) is 36.7 Å². The number of anilines is 1. The molecule has 1 saturated carbocycles. The number of benzene rings is 1. The lowest BCUT2D eigenvalue weighted by Gasteiger charge is -2.42. The van der Waals surface area contributed by atoms with Crippen molar-refractivity contribution in [1.82, 2.24) is 5.01 Å². The zero-order chi connectivity index (χ0) is 11.5. The summed E-state index contributed by atoms with van der Waals surface area (Å²) in [5, 5.41) is 1.69. The minimum Gasteiger partial charge on any atom is -0.403 e. The number of hydrogen-bond donors (Lipinski definition) is 3. The summed E-state index contributed by atoms with van der Waals surface area (Å²) >= 11 is 0. The first kappa shape index (κ1) is 10.8. The summed E-state index contributed by atoms with van der Waals surface area (Å²) in [6, 6.07) is 8.35. The Morgan fingerprint density at radius 3 is 2.69 bits per heavy atom. The molecule has 86 valence electrons. The highest BCUT2D eigenvalue weighted by Crippen LogP contribution is 2.39. The van der Waals surface area contributed by atoms with Gasteiger partial charge >= 0.3 is 0 Å². The molecule has 16 heavy (non-hydrogen) atoms. The van der Waals surface area contributed by atoms with Gasteiger partial charge in [0.15, 0.2) is 0 Å². The summed E-state index contributed by atoms with van der Waals surface area (Å²) in [7, 11) is 0. The van der Waals surface area contributed by atoms with Gasteiger partial charge in [0.05, 0.1) is 6.04 Å². The maximum Gasteiger partial charge on any atom is 0.0515 e. The lowest BCUT2D eigenvalue weighted by Crippen LogP contribution is -2.46. The minimum atomic E-state index is 0.335. The van der Waals surface area contributed by atoms with Crippen LogP contribution in [0.4, 0.5) is 5.69 Å². The van der Waals surface area contributed by atoms with E-state index in [1.54, 1.807) is 11.2 Å². The third kappa shape index (κ3) is 1.97. The van der Waals surface area contributed by atoms with Crippen LogP contribution in [0.3, 0.4) is 0 Å². The Balaban J connectivity index is 2.11. The molecule has 4 heteroatoms. The predicted molar refractivity (Wildman–Crippen MR) is 66.0 cm³/mol. The van der Waals surface area contributed by atoms with E-state index in [0.717, 1.165) is 18.5 Å². The Labute approximate surface area is 95.7 Å². The number of hydrazine groups is 1. The van der Waals surface area contributed by atoms with Crippen molar-refractivity contribution < 1.29 is 0 Å². The normalized spacial score (nSPS) is 24.3. The van der Waals surface area contributed by atoms with Gasteiger partial charge in [-0.3, -0.25) is 0 Å². The zero-order valence-electron chi connectivity index (χ0n) is 9.21. The molecule has 2 rings (SSSR count). The van der Waals surface area contributed by atoms with E-state index in [1.807, 2.05) is 18.2 Å². The van der Waals surface area contributed by atoms with Crippen LogP contribution in [0.25, 0.3) is 0 Å². The molecule has 0 aliphatic heterocycles. The van der Waals surface area contributed by atoms with Crippen LogP contribution in [-0.4, -0.2) is 11.1 Å². The van der Waals surface area contributed by atoms with Gasteiger partial charge in [0.25, 0.3) is 0 Å². The average Bonchev–Trinajstić information content (AvgIpc) is 2.16. The molecule has 2 atom stereocenters. The van der Waals surface area contributed by atoms with Crippen LogP contribution < -0.4 is 17.3 Å². The highest BCUT2D eigenvalue weighted by atomic mass is 15.4. The topological polar surface area (TPSA) is 81.3 Å². The van der Waals surface area contributed by atoms with Crippen LogP contribution in [0.1, 0.15) is 24.3 Å². The van der Waals surface area contributed by atoms with E-state index in [4.69, 9.17) is 17.3 Å². The molecule has 0 unspecified atom stereocenters. The average molecular weight is 218 g/mol. The smallest absolute Gasteiger partial charge is 0.0515 e. The fraction of sp³-hybridized carbons (Fsp3) is 0.333. The number of hydrogen-bond acceptors (Lipinski definition) is 4. The lowest BCUT2D eigenvalue weighted by molar-refractivity contribution is 0.152. The molecule has 4 nitrogen and oxygen atoms in total. The summed E-state index contributed by atoms with van der Waals surface area (Å²) in [6.45, 7) is 0. The molecular weight excluding hydrogens is 200 g/mol. The van der Waals surface area contributed by atoms with Crippen molar-refractivity contribution >= 4 is 5.69 Å². The minimum absolute atomic E-state index is 0.335. The molecule has 0 spiro atoms. The van der Waals surface area contributed by atoms with Crippen LogP contribution in [0.5, 0.6) is 0 Å². The molecular formula is C12H18N4. The molecule has 1 aromatic carbocycles. The Bertz CT molecular complexity index is 388. The van der Waals surface area contributed by atoms with Gasteiger partial charge in [0, 0.05) is 24.0 Å². The van der Waals surface area contributed by atoms with Crippen LogP contribution in [-0.2, 0) is 0 Å². The van der Waals surface area contributed by atoms with Gasteiger partial charge in [-0.05, 0) is 30.5 Å². The van der Waals surface area contributed by atoms with Crippen LogP contribution in [0.2, 0.25) is 0 Å². The quantitative estimate of drug-likeness (QED) is 0.403. The van der Waals surface area contributed by atoms with Crippen LogP contribution in [0, 0.1) is 0 Å². The molecule has 6 N–H and O–H groups in total. The van der Waals surface area contributed by atoms with Crippen molar-refractivity contribution in [2.24, 2.45) is 11.6 Å². The van der Waals surface area contributed by atoms with Crippen molar-refractivity contribution in [2.75, 3.05) is 5.73 Å². The first-order valence-corrected chi connectivity index (χ1v) is 5.49. The zero-order valence-corrected chi connectivity index (χ0v) is 9.21. The SMILES string of the molecule is N/C=C\N(N)[C@H]1CC[C@H]1c1cccc(N)c1. The van der Waals surface area contributed by atoms with Crippen molar-refractivity contribution in [3.63, 3.8) is 0 Å². The lowest BCUT2D eigenvalue weighted by atomic mass is 9.74. The Morgan fingerprint density at radius 2 is 2.12 bits per heavy atom. The van der Waals surface area contributed by atoms with E-state index in [2.05, 4.69) is 6.07 Å². The van der Waals surface area contributed by atoms with Gasteiger partial charge in [-0.2, -0.15) is 0 Å². The number of nitrogen functional groups attached to an aromatic ring is 1. The van der Waals surface area contributed by atoms with E-state index >= 15 is 0 Å². The molecule has 1 fully saturated rings. The largest absolute Gasteiger partial charge is 0.403 e.